The van der Waals surface area contributed by atoms with Crippen molar-refractivity contribution < 1.29 is 20.1 Å². The van der Waals surface area contributed by atoms with Gasteiger partial charge in [-0.2, -0.15) is 0 Å². The highest BCUT2D eigenvalue weighted by Crippen LogP contribution is 2.17. The molecule has 0 aromatic rings. The number of aliphatic hydroxyl groups is 3. The molecule has 5 atom stereocenters. The third-order valence-electron chi connectivity index (χ3n) is 1.92. The van der Waals surface area contributed by atoms with Crippen LogP contribution in [-0.2, 0) is 4.74 Å². The van der Waals surface area contributed by atoms with Crippen molar-refractivity contribution in [3.8, 4) is 0 Å². The van der Waals surface area contributed by atoms with Gasteiger partial charge in [0.2, 0.25) is 0 Å². The van der Waals surface area contributed by atoms with Crippen LogP contribution in [0.15, 0.2) is 0 Å². The maximum absolute atomic E-state index is 9.21. The third kappa shape index (κ3) is 1.52. The Morgan fingerprint density at radius 2 is 1.73 bits per heavy atom. The lowest BCUT2D eigenvalue weighted by Gasteiger charge is -2.37. The SMILES string of the molecule is C[C@@H]1OC(O)[C@H](O)[C@H](N)[C@@H]1O. The maximum atomic E-state index is 9.21. The van der Waals surface area contributed by atoms with Crippen molar-refractivity contribution in [3.63, 3.8) is 0 Å². The van der Waals surface area contributed by atoms with Crippen LogP contribution in [0.4, 0.5) is 0 Å². The molecule has 1 fully saturated rings. The number of hydrogen-bond donors (Lipinski definition) is 4. The van der Waals surface area contributed by atoms with Gasteiger partial charge in [0.15, 0.2) is 6.29 Å². The Kier molecular flexibility index (Phi) is 2.46. The van der Waals surface area contributed by atoms with E-state index < -0.39 is 30.6 Å². The van der Waals surface area contributed by atoms with E-state index in [9.17, 15) is 5.11 Å². The molecule has 0 bridgehead atoms. The summed E-state index contributed by atoms with van der Waals surface area (Å²) in [5, 5.41) is 27.3. The van der Waals surface area contributed by atoms with Gasteiger partial charge in [-0.3, -0.25) is 0 Å². The molecule has 0 radical (unpaired) electrons. The molecule has 0 amide bonds. The van der Waals surface area contributed by atoms with Crippen LogP contribution in [0.1, 0.15) is 6.92 Å². The zero-order chi connectivity index (χ0) is 8.59. The predicted octanol–water partition coefficient (Wildman–Crippen LogP) is -2.23. The summed E-state index contributed by atoms with van der Waals surface area (Å²) in [5.74, 6) is 0. The molecule has 0 spiro atoms. The van der Waals surface area contributed by atoms with E-state index in [2.05, 4.69) is 0 Å². The molecule has 66 valence electrons. The highest BCUT2D eigenvalue weighted by atomic mass is 16.6. The van der Waals surface area contributed by atoms with E-state index in [1.807, 2.05) is 0 Å². The predicted molar refractivity (Wildman–Crippen MR) is 36.5 cm³/mol. The molecule has 0 saturated carbocycles. The summed E-state index contributed by atoms with van der Waals surface area (Å²) in [6, 6.07) is -0.839. The van der Waals surface area contributed by atoms with Crippen LogP contribution in [0.2, 0.25) is 0 Å². The molecule has 5 nitrogen and oxygen atoms in total. The molecule has 11 heavy (non-hydrogen) atoms. The number of ether oxygens (including phenoxy) is 1. The lowest BCUT2D eigenvalue weighted by molar-refractivity contribution is -0.247. The fraction of sp³-hybridized carbons (Fsp3) is 1.00. The molecule has 1 saturated heterocycles. The normalized spacial score (nSPS) is 52.6. The van der Waals surface area contributed by atoms with Gasteiger partial charge < -0.3 is 25.8 Å². The van der Waals surface area contributed by atoms with Gasteiger partial charge in [0, 0.05) is 0 Å². The molecular weight excluding hydrogens is 150 g/mol. The van der Waals surface area contributed by atoms with Gasteiger partial charge in [-0.25, -0.2) is 0 Å². The van der Waals surface area contributed by atoms with Crippen LogP contribution in [0.5, 0.6) is 0 Å². The maximum Gasteiger partial charge on any atom is 0.182 e. The van der Waals surface area contributed by atoms with E-state index in [0.29, 0.717) is 0 Å². The first-order valence-corrected chi connectivity index (χ1v) is 3.49. The van der Waals surface area contributed by atoms with E-state index in [0.717, 1.165) is 0 Å². The standard InChI is InChI=1S/C6H13NO4/c1-2-4(8)3(7)5(9)6(10)11-2/h2-6,8-10H,7H2,1H3/t2-,3+,4+,5+,6?/m0/s1. The Morgan fingerprint density at radius 1 is 1.18 bits per heavy atom. The van der Waals surface area contributed by atoms with Gasteiger partial charge in [0.05, 0.1) is 18.2 Å². The van der Waals surface area contributed by atoms with E-state index in [1.165, 1.54) is 0 Å². The van der Waals surface area contributed by atoms with Crippen molar-refractivity contribution in [3.05, 3.63) is 0 Å². The lowest BCUT2D eigenvalue weighted by atomic mass is 9.98. The van der Waals surface area contributed by atoms with E-state index in [1.54, 1.807) is 6.92 Å². The average Bonchev–Trinajstić information content (AvgIpc) is 1.97. The van der Waals surface area contributed by atoms with Crippen LogP contribution in [0.3, 0.4) is 0 Å². The van der Waals surface area contributed by atoms with Gasteiger partial charge >= 0.3 is 0 Å². The Labute approximate surface area is 64.4 Å². The zero-order valence-corrected chi connectivity index (χ0v) is 6.21. The summed E-state index contributed by atoms with van der Waals surface area (Å²) < 4.78 is 4.76. The summed E-state index contributed by atoms with van der Waals surface area (Å²) in [5.41, 5.74) is 5.36. The quantitative estimate of drug-likeness (QED) is 0.324. The lowest BCUT2D eigenvalue weighted by Crippen LogP contribution is -2.60. The van der Waals surface area contributed by atoms with Gasteiger partial charge in [-0.05, 0) is 6.92 Å². The first kappa shape index (κ1) is 8.89. The Bertz CT molecular complexity index is 129. The van der Waals surface area contributed by atoms with Crippen LogP contribution < -0.4 is 5.73 Å². The molecule has 0 aromatic carbocycles. The fourth-order valence-electron chi connectivity index (χ4n) is 1.09. The van der Waals surface area contributed by atoms with Gasteiger partial charge in [0.25, 0.3) is 0 Å². The molecule has 1 heterocycles. The van der Waals surface area contributed by atoms with Crippen LogP contribution in [0, 0.1) is 0 Å². The second kappa shape index (κ2) is 3.04. The summed E-state index contributed by atoms with van der Waals surface area (Å²) in [6.07, 6.45) is -3.96. The molecule has 1 aliphatic heterocycles. The van der Waals surface area contributed by atoms with Crippen molar-refractivity contribution >= 4 is 0 Å². The van der Waals surface area contributed by atoms with Crippen LogP contribution in [-0.4, -0.2) is 46.0 Å². The first-order valence-electron chi connectivity index (χ1n) is 3.49. The molecule has 0 aromatic heterocycles. The number of nitrogens with two attached hydrogens (primary N) is 1. The summed E-state index contributed by atoms with van der Waals surface area (Å²) in [4.78, 5) is 0. The number of rotatable bonds is 0. The third-order valence-corrected chi connectivity index (χ3v) is 1.92. The van der Waals surface area contributed by atoms with Gasteiger partial charge in [0.1, 0.15) is 6.10 Å². The summed E-state index contributed by atoms with van der Waals surface area (Å²) >= 11 is 0. The largest absolute Gasteiger partial charge is 0.389 e. The minimum atomic E-state index is -1.29. The molecule has 0 aliphatic carbocycles. The van der Waals surface area contributed by atoms with Crippen LogP contribution >= 0.6 is 0 Å². The summed E-state index contributed by atoms with van der Waals surface area (Å²) in [7, 11) is 0. The molecule has 1 aliphatic rings. The molecule has 1 unspecified atom stereocenters. The average molecular weight is 163 g/mol. The van der Waals surface area contributed by atoms with E-state index in [4.69, 9.17) is 20.7 Å². The smallest absolute Gasteiger partial charge is 0.182 e. The Balaban J connectivity index is 2.63. The number of hydrogen-bond acceptors (Lipinski definition) is 5. The molecular formula is C6H13NO4. The second-order valence-corrected chi connectivity index (χ2v) is 2.79. The molecule has 5 N–H and O–H groups in total. The highest BCUT2D eigenvalue weighted by molar-refractivity contribution is 4.89. The monoisotopic (exact) mass is 163 g/mol. The van der Waals surface area contributed by atoms with Crippen molar-refractivity contribution in [2.45, 2.75) is 37.6 Å². The first-order chi connectivity index (χ1) is 5.04. The van der Waals surface area contributed by atoms with Crippen molar-refractivity contribution in [1.29, 1.82) is 0 Å². The Hall–Kier alpha value is -0.200. The van der Waals surface area contributed by atoms with Crippen molar-refractivity contribution in [1.82, 2.24) is 0 Å². The van der Waals surface area contributed by atoms with Gasteiger partial charge in [-0.15, -0.1) is 0 Å². The fourth-order valence-corrected chi connectivity index (χ4v) is 1.09. The van der Waals surface area contributed by atoms with E-state index >= 15 is 0 Å². The zero-order valence-electron chi connectivity index (χ0n) is 6.21. The number of aliphatic hydroxyl groups excluding tert-OH is 3. The van der Waals surface area contributed by atoms with Crippen LogP contribution in [0.25, 0.3) is 0 Å². The highest BCUT2D eigenvalue weighted by Gasteiger charge is 2.39. The Morgan fingerprint density at radius 3 is 2.27 bits per heavy atom. The summed E-state index contributed by atoms with van der Waals surface area (Å²) in [6.45, 7) is 1.58. The topological polar surface area (TPSA) is 95.9 Å². The molecule has 5 heteroatoms. The minimum Gasteiger partial charge on any atom is -0.389 e. The van der Waals surface area contributed by atoms with E-state index in [-0.39, 0.29) is 0 Å². The van der Waals surface area contributed by atoms with Gasteiger partial charge in [-0.1, -0.05) is 0 Å². The van der Waals surface area contributed by atoms with Crippen molar-refractivity contribution in [2.75, 3.05) is 0 Å². The molecule has 1 rings (SSSR count). The minimum absolute atomic E-state index is 0.539. The van der Waals surface area contributed by atoms with Crippen molar-refractivity contribution in [2.24, 2.45) is 5.73 Å². The second-order valence-electron chi connectivity index (χ2n) is 2.79.